The van der Waals surface area contributed by atoms with Crippen LogP contribution in [0.4, 0.5) is 0 Å². The molecule has 21 heavy (non-hydrogen) atoms. The second kappa shape index (κ2) is 8.05. The largest absolute Gasteiger partial charge is 0.486 e. The summed E-state index contributed by atoms with van der Waals surface area (Å²) in [5.74, 6) is 0.862. The minimum absolute atomic E-state index is 0. The van der Waals surface area contributed by atoms with Gasteiger partial charge in [-0.2, -0.15) is 0 Å². The molecule has 0 spiro atoms. The molecule has 2 N–H and O–H groups in total. The van der Waals surface area contributed by atoms with Gasteiger partial charge in [0.2, 0.25) is 10.0 Å². The lowest BCUT2D eigenvalue weighted by Crippen LogP contribution is -2.32. The quantitative estimate of drug-likeness (QED) is 0.753. The maximum Gasteiger partial charge on any atom is 0.242 e. The third-order valence-electron chi connectivity index (χ3n) is 2.73. The van der Waals surface area contributed by atoms with E-state index in [9.17, 15) is 8.42 Å². The van der Waals surface area contributed by atoms with Crippen molar-refractivity contribution < 1.29 is 17.9 Å². The first-order chi connectivity index (χ1) is 9.54. The van der Waals surface area contributed by atoms with E-state index in [1.165, 1.54) is 12.1 Å². The van der Waals surface area contributed by atoms with Gasteiger partial charge in [-0.15, -0.1) is 12.4 Å². The summed E-state index contributed by atoms with van der Waals surface area (Å²) in [5, 5.41) is 3.15. The number of halogens is 2. The van der Waals surface area contributed by atoms with E-state index in [-0.39, 0.29) is 22.3 Å². The molecule has 0 saturated carbocycles. The van der Waals surface area contributed by atoms with Gasteiger partial charge in [0.05, 0.1) is 5.02 Å². The minimum Gasteiger partial charge on any atom is -0.486 e. The van der Waals surface area contributed by atoms with Gasteiger partial charge < -0.3 is 14.8 Å². The number of ether oxygens (including phenoxy) is 2. The van der Waals surface area contributed by atoms with E-state index in [4.69, 9.17) is 21.1 Å². The molecule has 120 valence electrons. The van der Waals surface area contributed by atoms with Gasteiger partial charge in [-0.3, -0.25) is 0 Å². The normalized spacial score (nSPS) is 13.6. The van der Waals surface area contributed by atoms with Crippen molar-refractivity contribution in [3.05, 3.63) is 17.2 Å². The van der Waals surface area contributed by atoms with Crippen LogP contribution >= 0.6 is 24.0 Å². The summed E-state index contributed by atoms with van der Waals surface area (Å²) in [4.78, 5) is -0.0000786. The van der Waals surface area contributed by atoms with Gasteiger partial charge >= 0.3 is 0 Å². The lowest BCUT2D eigenvalue weighted by Gasteiger charge is -2.19. The molecule has 1 aromatic rings. The molecule has 0 fully saturated rings. The molecular weight excluding hydrogens is 339 g/mol. The molecule has 0 radical (unpaired) electrons. The Balaban J connectivity index is 0.00000220. The molecule has 0 amide bonds. The van der Waals surface area contributed by atoms with Crippen LogP contribution in [-0.4, -0.2) is 41.3 Å². The number of nitrogens with one attached hydrogen (secondary N) is 2. The van der Waals surface area contributed by atoms with Crippen LogP contribution in [0.1, 0.15) is 6.92 Å². The predicted molar refractivity (Wildman–Crippen MR) is 83.4 cm³/mol. The van der Waals surface area contributed by atoms with E-state index in [1.807, 2.05) is 6.92 Å². The van der Waals surface area contributed by atoms with Crippen LogP contribution in [0.2, 0.25) is 5.02 Å². The second-order valence-corrected chi connectivity index (χ2v) is 6.32. The number of hydrogen-bond donors (Lipinski definition) is 2. The van der Waals surface area contributed by atoms with E-state index < -0.39 is 10.0 Å². The van der Waals surface area contributed by atoms with Crippen LogP contribution < -0.4 is 19.5 Å². The van der Waals surface area contributed by atoms with Crippen LogP contribution in [0.25, 0.3) is 0 Å². The number of likely N-dealkylation sites (N-methyl/N-ethyl adjacent to an activating group) is 1. The van der Waals surface area contributed by atoms with Crippen molar-refractivity contribution in [3.63, 3.8) is 0 Å². The molecule has 0 unspecified atom stereocenters. The summed E-state index contributed by atoms with van der Waals surface area (Å²) in [6, 6.07) is 2.86. The summed E-state index contributed by atoms with van der Waals surface area (Å²) >= 11 is 6.02. The topological polar surface area (TPSA) is 76.7 Å². The van der Waals surface area contributed by atoms with Gasteiger partial charge in [0.15, 0.2) is 11.5 Å². The molecule has 1 aliphatic heterocycles. The highest BCUT2D eigenvalue weighted by Crippen LogP contribution is 2.37. The minimum atomic E-state index is -3.66. The summed E-state index contributed by atoms with van der Waals surface area (Å²) < 4.78 is 37.6. The molecule has 0 aromatic heterocycles. The van der Waals surface area contributed by atoms with Gasteiger partial charge in [-0.1, -0.05) is 18.5 Å². The highest BCUT2D eigenvalue weighted by atomic mass is 35.5. The lowest BCUT2D eigenvalue weighted by molar-refractivity contribution is 0.171. The molecule has 1 heterocycles. The smallest absolute Gasteiger partial charge is 0.242 e. The molecule has 0 aliphatic carbocycles. The van der Waals surface area contributed by atoms with Gasteiger partial charge in [0.25, 0.3) is 0 Å². The Kier molecular flexibility index (Phi) is 7.02. The lowest BCUT2D eigenvalue weighted by atomic mass is 10.3. The number of hydrogen-bond acceptors (Lipinski definition) is 5. The van der Waals surface area contributed by atoms with Crippen molar-refractivity contribution in [1.82, 2.24) is 10.0 Å². The van der Waals surface area contributed by atoms with Crippen molar-refractivity contribution in [1.29, 1.82) is 0 Å². The Morgan fingerprint density at radius 1 is 1.19 bits per heavy atom. The van der Waals surface area contributed by atoms with Crippen LogP contribution in [0.3, 0.4) is 0 Å². The van der Waals surface area contributed by atoms with Crippen LogP contribution in [0.15, 0.2) is 17.0 Å². The molecule has 0 bridgehead atoms. The number of sulfonamides is 1. The maximum absolute atomic E-state index is 12.2. The van der Waals surface area contributed by atoms with Gasteiger partial charge in [0.1, 0.15) is 18.1 Å². The standard InChI is InChI=1S/C12H17ClN2O4S.ClH/c1-2-14-3-4-15-20(16,17)12-8-11-10(7-9(12)13)18-5-6-19-11;/h7-8,14-15H,2-6H2,1H3;1H. The average molecular weight is 357 g/mol. The Hall–Kier alpha value is -0.730. The third kappa shape index (κ3) is 4.62. The summed E-state index contributed by atoms with van der Waals surface area (Å²) in [6.45, 7) is 4.40. The van der Waals surface area contributed by atoms with E-state index in [2.05, 4.69) is 10.0 Å². The highest BCUT2D eigenvalue weighted by Gasteiger charge is 2.22. The van der Waals surface area contributed by atoms with Crippen molar-refractivity contribution in [3.8, 4) is 11.5 Å². The second-order valence-electron chi connectivity index (χ2n) is 4.18. The molecule has 0 atom stereocenters. The molecule has 9 heteroatoms. The monoisotopic (exact) mass is 356 g/mol. The number of fused-ring (bicyclic) bond motifs is 1. The Labute approximate surface area is 135 Å². The van der Waals surface area contributed by atoms with Crippen molar-refractivity contribution in [2.24, 2.45) is 0 Å². The summed E-state index contributed by atoms with van der Waals surface area (Å²) in [5.41, 5.74) is 0. The molecule has 1 aromatic carbocycles. The predicted octanol–water partition coefficient (Wildman–Crippen LogP) is 1.42. The fourth-order valence-electron chi connectivity index (χ4n) is 1.78. The SMILES string of the molecule is CCNCCNS(=O)(=O)c1cc2c(cc1Cl)OCCO2.Cl. The van der Waals surface area contributed by atoms with Crippen molar-refractivity contribution >= 4 is 34.0 Å². The van der Waals surface area contributed by atoms with Crippen LogP contribution in [-0.2, 0) is 10.0 Å². The van der Waals surface area contributed by atoms with Gasteiger partial charge in [-0.05, 0) is 6.54 Å². The third-order valence-corrected chi connectivity index (χ3v) is 4.66. The fourth-order valence-corrected chi connectivity index (χ4v) is 3.34. The Bertz CT molecular complexity index is 581. The van der Waals surface area contributed by atoms with Gasteiger partial charge in [-0.25, -0.2) is 13.1 Å². The molecular formula is C12H18Cl2N2O4S. The zero-order chi connectivity index (χ0) is 14.6. The molecule has 2 rings (SSSR count). The zero-order valence-electron chi connectivity index (χ0n) is 11.5. The van der Waals surface area contributed by atoms with Crippen molar-refractivity contribution in [2.75, 3.05) is 32.8 Å². The van der Waals surface area contributed by atoms with Crippen molar-refractivity contribution in [2.45, 2.75) is 11.8 Å². The van der Waals surface area contributed by atoms with E-state index in [0.29, 0.717) is 37.8 Å². The highest BCUT2D eigenvalue weighted by molar-refractivity contribution is 7.89. The van der Waals surface area contributed by atoms with Crippen LogP contribution in [0.5, 0.6) is 11.5 Å². The number of rotatable bonds is 6. The number of benzene rings is 1. The first-order valence-corrected chi connectivity index (χ1v) is 8.20. The molecule has 0 saturated heterocycles. The van der Waals surface area contributed by atoms with E-state index in [1.54, 1.807) is 0 Å². The first kappa shape index (κ1) is 18.3. The average Bonchev–Trinajstić information content (AvgIpc) is 2.43. The molecule has 1 aliphatic rings. The fraction of sp³-hybridized carbons (Fsp3) is 0.500. The first-order valence-electron chi connectivity index (χ1n) is 6.34. The summed E-state index contributed by atoms with van der Waals surface area (Å²) in [7, 11) is -3.66. The zero-order valence-corrected chi connectivity index (χ0v) is 13.9. The Morgan fingerprint density at radius 3 is 2.43 bits per heavy atom. The van der Waals surface area contributed by atoms with Gasteiger partial charge in [0, 0.05) is 25.2 Å². The van der Waals surface area contributed by atoms with Crippen LogP contribution in [0, 0.1) is 0 Å². The molecule has 6 nitrogen and oxygen atoms in total. The Morgan fingerprint density at radius 2 is 1.81 bits per heavy atom. The maximum atomic E-state index is 12.2. The summed E-state index contributed by atoms with van der Waals surface area (Å²) in [6.07, 6.45) is 0. The van der Waals surface area contributed by atoms with E-state index >= 15 is 0 Å². The van der Waals surface area contributed by atoms with E-state index in [0.717, 1.165) is 6.54 Å².